The maximum atomic E-state index is 13.6. The van der Waals surface area contributed by atoms with Gasteiger partial charge in [-0.05, 0) is 44.2 Å². The summed E-state index contributed by atoms with van der Waals surface area (Å²) in [4.78, 5) is 27.9. The fraction of sp³-hybridized carbons (Fsp3) is 0.235. The van der Waals surface area contributed by atoms with Gasteiger partial charge in [-0.1, -0.05) is 0 Å². The van der Waals surface area contributed by atoms with E-state index in [1.54, 1.807) is 0 Å². The summed E-state index contributed by atoms with van der Waals surface area (Å²) in [5, 5.41) is 14.6. The fourth-order valence-corrected chi connectivity index (χ4v) is 2.04. The van der Waals surface area contributed by atoms with Crippen molar-refractivity contribution in [2.75, 3.05) is 5.32 Å². The Morgan fingerprint density at radius 3 is 2.71 bits per heavy atom. The third-order valence-corrected chi connectivity index (χ3v) is 3.08. The number of phenolic OH excluding ortho intramolecular Hbond substituents is 1. The summed E-state index contributed by atoms with van der Waals surface area (Å²) in [6.45, 7) is 3.65. The van der Waals surface area contributed by atoms with Gasteiger partial charge >= 0.3 is 0 Å². The summed E-state index contributed by atoms with van der Waals surface area (Å²) in [6, 6.07) is 6.43. The highest BCUT2D eigenvalue weighted by Gasteiger charge is 2.12. The Hall–Kier alpha value is -2.96. The summed E-state index contributed by atoms with van der Waals surface area (Å²) in [7, 11) is 0. The highest BCUT2D eigenvalue weighted by molar-refractivity contribution is 5.96. The van der Waals surface area contributed by atoms with Gasteiger partial charge < -0.3 is 15.7 Å². The van der Waals surface area contributed by atoms with E-state index >= 15 is 0 Å². The van der Waals surface area contributed by atoms with Crippen LogP contribution in [0, 0.1) is 5.82 Å². The number of hydrogen-bond donors (Lipinski definition) is 3. The van der Waals surface area contributed by atoms with Gasteiger partial charge in [0.05, 0.1) is 6.42 Å². The van der Waals surface area contributed by atoms with Gasteiger partial charge in [0.1, 0.15) is 17.3 Å². The predicted molar refractivity (Wildman–Crippen MR) is 87.2 cm³/mol. The Balaban J connectivity index is 2.06. The van der Waals surface area contributed by atoms with Gasteiger partial charge in [0, 0.05) is 23.5 Å². The number of aromatic nitrogens is 1. The van der Waals surface area contributed by atoms with Crippen LogP contribution in [0.25, 0.3) is 0 Å². The fourth-order valence-electron chi connectivity index (χ4n) is 2.04. The van der Waals surface area contributed by atoms with E-state index in [1.807, 2.05) is 13.8 Å². The molecule has 0 unspecified atom stereocenters. The molecule has 0 spiro atoms. The van der Waals surface area contributed by atoms with Crippen LogP contribution >= 0.6 is 0 Å². The first-order chi connectivity index (χ1) is 11.3. The molecule has 7 heteroatoms. The summed E-state index contributed by atoms with van der Waals surface area (Å²) in [5.41, 5.74) is 0.633. The number of benzene rings is 1. The second-order valence-electron chi connectivity index (χ2n) is 5.56. The van der Waals surface area contributed by atoms with Crippen molar-refractivity contribution < 1.29 is 19.1 Å². The number of nitrogens with one attached hydrogen (secondary N) is 2. The number of nitrogens with zero attached hydrogens (tertiary/aromatic N) is 1. The molecule has 0 saturated carbocycles. The monoisotopic (exact) mass is 331 g/mol. The van der Waals surface area contributed by atoms with Crippen LogP contribution in [0.2, 0.25) is 0 Å². The van der Waals surface area contributed by atoms with Crippen molar-refractivity contribution >= 4 is 17.5 Å². The first kappa shape index (κ1) is 17.4. The second-order valence-corrected chi connectivity index (χ2v) is 5.56. The molecule has 1 heterocycles. The number of anilines is 1. The Morgan fingerprint density at radius 2 is 2.00 bits per heavy atom. The lowest BCUT2D eigenvalue weighted by atomic mass is 10.1. The van der Waals surface area contributed by atoms with Gasteiger partial charge in [-0.15, -0.1) is 0 Å². The van der Waals surface area contributed by atoms with Gasteiger partial charge in [-0.25, -0.2) is 4.39 Å². The minimum absolute atomic E-state index is 0.0359. The molecule has 0 aliphatic rings. The van der Waals surface area contributed by atoms with Crippen LogP contribution in [0.15, 0.2) is 36.5 Å². The SMILES string of the molecule is CC(C)NC(=O)c1cc(NC(=O)Cc2cc(O)ccc2F)ccn1. The summed E-state index contributed by atoms with van der Waals surface area (Å²) >= 11 is 0. The van der Waals surface area contributed by atoms with Gasteiger partial charge in [0.15, 0.2) is 0 Å². The molecule has 0 fully saturated rings. The zero-order valence-electron chi connectivity index (χ0n) is 13.3. The van der Waals surface area contributed by atoms with Crippen LogP contribution in [-0.2, 0) is 11.2 Å². The maximum Gasteiger partial charge on any atom is 0.270 e. The van der Waals surface area contributed by atoms with Crippen LogP contribution in [0.1, 0.15) is 29.9 Å². The number of rotatable bonds is 5. The largest absolute Gasteiger partial charge is 0.508 e. The number of phenols is 1. The van der Waals surface area contributed by atoms with Crippen LogP contribution in [0.3, 0.4) is 0 Å². The molecule has 0 aliphatic heterocycles. The summed E-state index contributed by atoms with van der Waals surface area (Å²) in [5.74, 6) is -1.51. The molecule has 0 bridgehead atoms. The van der Waals surface area contributed by atoms with Crippen molar-refractivity contribution in [2.24, 2.45) is 0 Å². The third-order valence-electron chi connectivity index (χ3n) is 3.08. The molecule has 1 aromatic heterocycles. The topological polar surface area (TPSA) is 91.3 Å². The van der Waals surface area contributed by atoms with Gasteiger partial charge in [0.2, 0.25) is 5.91 Å². The van der Waals surface area contributed by atoms with E-state index in [4.69, 9.17) is 0 Å². The van der Waals surface area contributed by atoms with E-state index < -0.39 is 11.7 Å². The maximum absolute atomic E-state index is 13.6. The quantitative estimate of drug-likeness (QED) is 0.783. The molecular weight excluding hydrogens is 313 g/mol. The number of pyridine rings is 1. The van der Waals surface area contributed by atoms with Crippen molar-refractivity contribution in [3.05, 3.63) is 53.6 Å². The molecule has 0 aliphatic carbocycles. The first-order valence-electron chi connectivity index (χ1n) is 7.39. The molecular formula is C17H18FN3O3. The minimum atomic E-state index is -0.574. The van der Waals surface area contributed by atoms with Crippen LogP contribution < -0.4 is 10.6 Å². The summed E-state index contributed by atoms with van der Waals surface area (Å²) in [6.07, 6.45) is 1.16. The lowest BCUT2D eigenvalue weighted by Gasteiger charge is -2.10. The number of aromatic hydroxyl groups is 1. The third kappa shape index (κ3) is 4.77. The van der Waals surface area contributed by atoms with E-state index in [9.17, 15) is 19.1 Å². The molecule has 24 heavy (non-hydrogen) atoms. The first-order valence-corrected chi connectivity index (χ1v) is 7.39. The number of hydrogen-bond acceptors (Lipinski definition) is 4. The Labute approximate surface area is 138 Å². The molecule has 126 valence electrons. The van der Waals surface area contributed by atoms with Gasteiger partial charge in [-0.3, -0.25) is 14.6 Å². The van der Waals surface area contributed by atoms with Crippen molar-refractivity contribution in [2.45, 2.75) is 26.3 Å². The van der Waals surface area contributed by atoms with E-state index in [0.717, 1.165) is 6.07 Å². The van der Waals surface area contributed by atoms with Crippen molar-refractivity contribution in [1.29, 1.82) is 0 Å². The smallest absolute Gasteiger partial charge is 0.270 e. The van der Waals surface area contributed by atoms with Crippen molar-refractivity contribution in [3.63, 3.8) is 0 Å². The average molecular weight is 331 g/mol. The van der Waals surface area contributed by atoms with Crippen LogP contribution in [0.4, 0.5) is 10.1 Å². The number of carbonyl (C=O) groups excluding carboxylic acids is 2. The van der Waals surface area contributed by atoms with Crippen molar-refractivity contribution in [1.82, 2.24) is 10.3 Å². The zero-order chi connectivity index (χ0) is 17.7. The Bertz CT molecular complexity index is 762. The molecule has 0 atom stereocenters. The van der Waals surface area contributed by atoms with Crippen LogP contribution in [-0.4, -0.2) is 27.9 Å². The molecule has 2 amide bonds. The minimum Gasteiger partial charge on any atom is -0.508 e. The standard InChI is InChI=1S/C17H18FN3O3/c1-10(2)20-17(24)15-9-12(5-6-19-15)21-16(23)8-11-7-13(22)3-4-14(11)18/h3-7,9-10,22H,8H2,1-2H3,(H,20,24)(H,19,21,23). The van der Waals surface area contributed by atoms with E-state index in [-0.39, 0.29) is 35.4 Å². The highest BCUT2D eigenvalue weighted by atomic mass is 19.1. The Kier molecular flexibility index (Phi) is 5.47. The molecule has 0 radical (unpaired) electrons. The lowest BCUT2D eigenvalue weighted by molar-refractivity contribution is -0.115. The number of carbonyl (C=O) groups is 2. The number of amides is 2. The van der Waals surface area contributed by atoms with Crippen LogP contribution in [0.5, 0.6) is 5.75 Å². The van der Waals surface area contributed by atoms with Gasteiger partial charge in [0.25, 0.3) is 5.91 Å². The van der Waals surface area contributed by atoms with Crippen molar-refractivity contribution in [3.8, 4) is 5.75 Å². The lowest BCUT2D eigenvalue weighted by Crippen LogP contribution is -2.30. The molecule has 1 aromatic carbocycles. The highest BCUT2D eigenvalue weighted by Crippen LogP contribution is 2.17. The average Bonchev–Trinajstić information content (AvgIpc) is 2.50. The number of halogens is 1. The predicted octanol–water partition coefficient (Wildman–Crippen LogP) is 2.25. The van der Waals surface area contributed by atoms with Gasteiger partial charge in [-0.2, -0.15) is 0 Å². The molecule has 2 aromatic rings. The molecule has 6 nitrogen and oxygen atoms in total. The zero-order valence-corrected chi connectivity index (χ0v) is 13.3. The van der Waals surface area contributed by atoms with E-state index in [1.165, 1.54) is 30.5 Å². The second kappa shape index (κ2) is 7.54. The molecule has 2 rings (SSSR count). The van der Waals surface area contributed by atoms with E-state index in [2.05, 4.69) is 15.6 Å². The Morgan fingerprint density at radius 1 is 1.25 bits per heavy atom. The molecule has 0 saturated heterocycles. The van der Waals surface area contributed by atoms with E-state index in [0.29, 0.717) is 5.69 Å². The normalized spacial score (nSPS) is 10.5. The summed E-state index contributed by atoms with van der Waals surface area (Å²) < 4.78 is 13.6. The molecule has 3 N–H and O–H groups in total.